The first-order valence-electron chi connectivity index (χ1n) is 3.80. The van der Waals surface area contributed by atoms with Gasteiger partial charge in [-0.15, -0.1) is 12.6 Å². The molecule has 1 heterocycles. The minimum absolute atomic E-state index is 0.564. The van der Waals surface area contributed by atoms with Gasteiger partial charge in [0.2, 0.25) is 0 Å². The maximum Gasteiger partial charge on any atom is 0.100 e. The van der Waals surface area contributed by atoms with Crippen molar-refractivity contribution in [2.24, 2.45) is 0 Å². The quantitative estimate of drug-likeness (QED) is 0.641. The predicted molar refractivity (Wildman–Crippen MR) is 53.7 cm³/mol. The standard InChI is InChI=1S/C10H6N2S/c11-6-8-4-3-7-2-1-5-12-9(7)10(8)13/h1-5,13H. The summed E-state index contributed by atoms with van der Waals surface area (Å²) in [6.07, 6.45) is 1.70. The maximum atomic E-state index is 8.75. The molecule has 0 spiro atoms. The molecule has 0 saturated heterocycles. The third-order valence-electron chi connectivity index (χ3n) is 1.87. The number of hydrogen-bond donors (Lipinski definition) is 1. The summed E-state index contributed by atoms with van der Waals surface area (Å²) in [4.78, 5) is 4.82. The number of pyridine rings is 1. The van der Waals surface area contributed by atoms with Crippen LogP contribution in [0.3, 0.4) is 0 Å². The summed E-state index contributed by atoms with van der Waals surface area (Å²) in [5, 5.41) is 9.76. The van der Waals surface area contributed by atoms with Crippen LogP contribution in [0, 0.1) is 11.3 Å². The molecule has 2 rings (SSSR count). The zero-order valence-electron chi connectivity index (χ0n) is 6.73. The summed E-state index contributed by atoms with van der Waals surface area (Å²) in [7, 11) is 0. The Morgan fingerprint density at radius 2 is 2.15 bits per heavy atom. The molecular weight excluding hydrogens is 180 g/mol. The molecule has 2 nitrogen and oxygen atoms in total. The molecule has 1 aromatic carbocycles. The van der Waals surface area contributed by atoms with Gasteiger partial charge in [-0.2, -0.15) is 5.26 Å². The molecule has 2 aromatic rings. The van der Waals surface area contributed by atoms with E-state index in [0.29, 0.717) is 10.5 Å². The van der Waals surface area contributed by atoms with Crippen molar-refractivity contribution in [3.8, 4) is 6.07 Å². The fourth-order valence-corrected chi connectivity index (χ4v) is 1.53. The summed E-state index contributed by atoms with van der Waals surface area (Å²) >= 11 is 4.26. The molecule has 0 aliphatic rings. The molecule has 0 aliphatic carbocycles. The Balaban J connectivity index is 2.89. The van der Waals surface area contributed by atoms with E-state index in [9.17, 15) is 0 Å². The summed E-state index contributed by atoms with van der Waals surface area (Å²) in [6.45, 7) is 0. The van der Waals surface area contributed by atoms with Gasteiger partial charge in [0.25, 0.3) is 0 Å². The molecule has 0 atom stereocenters. The first-order chi connectivity index (χ1) is 6.33. The van der Waals surface area contributed by atoms with Crippen LogP contribution in [0.15, 0.2) is 35.4 Å². The Morgan fingerprint density at radius 1 is 1.31 bits per heavy atom. The van der Waals surface area contributed by atoms with Crippen molar-refractivity contribution in [1.29, 1.82) is 5.26 Å². The topological polar surface area (TPSA) is 36.7 Å². The Bertz CT molecular complexity index is 500. The van der Waals surface area contributed by atoms with Crippen LogP contribution in [0.1, 0.15) is 5.56 Å². The molecular formula is C10H6N2S. The first kappa shape index (κ1) is 8.09. The highest BCUT2D eigenvalue weighted by Gasteiger charge is 2.03. The number of benzene rings is 1. The lowest BCUT2D eigenvalue weighted by Crippen LogP contribution is -1.83. The third-order valence-corrected chi connectivity index (χ3v) is 2.32. The van der Waals surface area contributed by atoms with Crippen LogP contribution in [-0.4, -0.2) is 4.98 Å². The lowest BCUT2D eigenvalue weighted by atomic mass is 10.1. The van der Waals surface area contributed by atoms with Gasteiger partial charge in [0.15, 0.2) is 0 Å². The van der Waals surface area contributed by atoms with E-state index in [4.69, 9.17) is 5.26 Å². The number of nitriles is 1. The SMILES string of the molecule is N#Cc1ccc2cccnc2c1S. The number of rotatable bonds is 0. The van der Waals surface area contributed by atoms with Crippen molar-refractivity contribution in [2.45, 2.75) is 4.90 Å². The van der Waals surface area contributed by atoms with Gasteiger partial charge in [-0.3, -0.25) is 4.98 Å². The minimum Gasteiger partial charge on any atom is -0.255 e. The Labute approximate surface area is 81.2 Å². The molecule has 0 saturated carbocycles. The molecule has 0 amide bonds. The number of nitrogens with zero attached hydrogens (tertiary/aromatic N) is 2. The van der Waals surface area contributed by atoms with E-state index in [2.05, 4.69) is 23.7 Å². The van der Waals surface area contributed by atoms with E-state index in [-0.39, 0.29) is 0 Å². The van der Waals surface area contributed by atoms with Crippen LogP contribution in [0.4, 0.5) is 0 Å². The normalized spacial score (nSPS) is 9.85. The van der Waals surface area contributed by atoms with Crippen LogP contribution >= 0.6 is 12.6 Å². The van der Waals surface area contributed by atoms with Crippen molar-refractivity contribution in [3.05, 3.63) is 36.0 Å². The number of fused-ring (bicyclic) bond motifs is 1. The largest absolute Gasteiger partial charge is 0.255 e. The Morgan fingerprint density at radius 3 is 2.92 bits per heavy atom. The monoisotopic (exact) mass is 186 g/mol. The molecule has 0 radical (unpaired) electrons. The fraction of sp³-hybridized carbons (Fsp3) is 0. The van der Waals surface area contributed by atoms with Gasteiger partial charge in [-0.05, 0) is 12.1 Å². The molecule has 13 heavy (non-hydrogen) atoms. The summed E-state index contributed by atoms with van der Waals surface area (Å²) < 4.78 is 0. The predicted octanol–water partition coefficient (Wildman–Crippen LogP) is 2.40. The molecule has 0 N–H and O–H groups in total. The van der Waals surface area contributed by atoms with Crippen molar-refractivity contribution < 1.29 is 0 Å². The van der Waals surface area contributed by atoms with Crippen molar-refractivity contribution in [3.63, 3.8) is 0 Å². The zero-order chi connectivity index (χ0) is 9.26. The first-order valence-corrected chi connectivity index (χ1v) is 4.24. The molecule has 3 heteroatoms. The van der Waals surface area contributed by atoms with E-state index in [1.165, 1.54) is 0 Å². The highest BCUT2D eigenvalue weighted by atomic mass is 32.1. The van der Waals surface area contributed by atoms with Gasteiger partial charge in [0, 0.05) is 16.5 Å². The second-order valence-corrected chi connectivity index (χ2v) is 3.10. The number of thiol groups is 1. The highest BCUT2D eigenvalue weighted by molar-refractivity contribution is 7.80. The molecule has 1 aromatic heterocycles. The smallest absolute Gasteiger partial charge is 0.100 e. The van der Waals surface area contributed by atoms with E-state index in [1.54, 1.807) is 12.3 Å². The van der Waals surface area contributed by atoms with Crippen LogP contribution < -0.4 is 0 Å². The second kappa shape index (κ2) is 3.08. The van der Waals surface area contributed by atoms with Gasteiger partial charge in [-0.1, -0.05) is 12.1 Å². The van der Waals surface area contributed by atoms with Gasteiger partial charge in [0.1, 0.15) is 6.07 Å². The fourth-order valence-electron chi connectivity index (χ4n) is 1.22. The average Bonchev–Trinajstić information content (AvgIpc) is 2.19. The van der Waals surface area contributed by atoms with Crippen molar-refractivity contribution >= 4 is 23.5 Å². The van der Waals surface area contributed by atoms with Crippen LogP contribution in [0.5, 0.6) is 0 Å². The number of aromatic nitrogens is 1. The third kappa shape index (κ3) is 1.25. The van der Waals surface area contributed by atoms with Gasteiger partial charge in [0.05, 0.1) is 11.1 Å². The van der Waals surface area contributed by atoms with Crippen molar-refractivity contribution in [1.82, 2.24) is 4.98 Å². The summed E-state index contributed by atoms with van der Waals surface area (Å²) in [6, 6.07) is 9.51. The molecule has 0 bridgehead atoms. The van der Waals surface area contributed by atoms with Crippen LogP contribution in [0.25, 0.3) is 10.9 Å². The lowest BCUT2D eigenvalue weighted by Gasteiger charge is -2.00. The van der Waals surface area contributed by atoms with Gasteiger partial charge in [-0.25, -0.2) is 0 Å². The molecule has 62 valence electrons. The van der Waals surface area contributed by atoms with E-state index >= 15 is 0 Å². The van der Waals surface area contributed by atoms with E-state index in [1.807, 2.05) is 18.2 Å². The van der Waals surface area contributed by atoms with E-state index < -0.39 is 0 Å². The Kier molecular flexibility index (Phi) is 1.91. The van der Waals surface area contributed by atoms with Gasteiger partial charge >= 0.3 is 0 Å². The highest BCUT2D eigenvalue weighted by Crippen LogP contribution is 2.22. The van der Waals surface area contributed by atoms with Gasteiger partial charge < -0.3 is 0 Å². The average molecular weight is 186 g/mol. The lowest BCUT2D eigenvalue weighted by molar-refractivity contribution is 1.33. The van der Waals surface area contributed by atoms with Crippen molar-refractivity contribution in [2.75, 3.05) is 0 Å². The van der Waals surface area contributed by atoms with E-state index in [0.717, 1.165) is 10.9 Å². The Hall–Kier alpha value is -1.53. The summed E-state index contributed by atoms with van der Waals surface area (Å²) in [5.74, 6) is 0. The zero-order valence-corrected chi connectivity index (χ0v) is 7.62. The molecule has 0 fully saturated rings. The molecule has 0 aliphatic heterocycles. The molecule has 0 unspecified atom stereocenters. The van der Waals surface area contributed by atoms with Crippen LogP contribution in [0.2, 0.25) is 0 Å². The van der Waals surface area contributed by atoms with Crippen LogP contribution in [-0.2, 0) is 0 Å². The maximum absolute atomic E-state index is 8.75. The number of hydrogen-bond acceptors (Lipinski definition) is 3. The minimum atomic E-state index is 0.564. The second-order valence-electron chi connectivity index (χ2n) is 2.65. The summed E-state index contributed by atoms with van der Waals surface area (Å²) in [5.41, 5.74) is 1.35.